The molecule has 0 radical (unpaired) electrons. The minimum absolute atomic E-state index is 0.0239. The summed E-state index contributed by atoms with van der Waals surface area (Å²) < 4.78 is -1.44. The average Bonchev–Trinajstić information content (AvgIpc) is 3.43. The highest BCUT2D eigenvalue weighted by Gasteiger charge is 2.67. The predicted molar refractivity (Wildman–Crippen MR) is 149 cm³/mol. The van der Waals surface area contributed by atoms with E-state index in [0.29, 0.717) is 16.9 Å². The van der Waals surface area contributed by atoms with E-state index in [4.69, 9.17) is 63.3 Å². The molecule has 0 saturated heterocycles. The average molecular weight is 617 g/mol. The number of rotatable bonds is 8. The van der Waals surface area contributed by atoms with Crippen LogP contribution in [0.25, 0.3) is 0 Å². The summed E-state index contributed by atoms with van der Waals surface area (Å²) in [6.07, 6.45) is 0.0592. The van der Waals surface area contributed by atoms with Crippen LogP contribution in [0.1, 0.15) is 34.3 Å². The summed E-state index contributed by atoms with van der Waals surface area (Å²) in [5.41, 5.74) is 2.39. The van der Waals surface area contributed by atoms with Crippen LogP contribution in [0.4, 0.5) is 11.4 Å². The highest BCUT2D eigenvalue weighted by atomic mass is 35.5. The lowest BCUT2D eigenvalue weighted by Crippen LogP contribution is -2.17. The molecule has 3 aromatic rings. The normalized spacial score (nSPS) is 17.4. The van der Waals surface area contributed by atoms with Crippen molar-refractivity contribution in [3.05, 3.63) is 86.4 Å². The summed E-state index contributed by atoms with van der Waals surface area (Å²) in [5.74, 6) is -2.56. The van der Waals surface area contributed by atoms with Crippen molar-refractivity contribution >= 4 is 87.0 Å². The van der Waals surface area contributed by atoms with Gasteiger partial charge in [0.05, 0.1) is 21.0 Å². The number of nitrogens with one attached hydrogen (secondary N) is 2. The molecule has 0 bridgehead atoms. The summed E-state index contributed by atoms with van der Waals surface area (Å²) >= 11 is 31.3. The zero-order chi connectivity index (χ0) is 27.8. The molecule has 3 N–H and O–H groups in total. The Hall–Kier alpha value is -2.52. The van der Waals surface area contributed by atoms with E-state index in [1.54, 1.807) is 30.3 Å². The second kappa shape index (κ2) is 11.3. The van der Waals surface area contributed by atoms with Crippen LogP contribution in [0.3, 0.4) is 0 Å². The van der Waals surface area contributed by atoms with Crippen LogP contribution in [-0.4, -0.2) is 27.2 Å². The molecule has 2 unspecified atom stereocenters. The van der Waals surface area contributed by atoms with Gasteiger partial charge in [-0.15, -0.1) is 23.2 Å². The van der Waals surface area contributed by atoms with E-state index in [9.17, 15) is 14.4 Å². The fourth-order valence-electron chi connectivity index (χ4n) is 4.14. The molecule has 4 rings (SSSR count). The number of hydrogen-bond acceptors (Lipinski definition) is 5. The number of ketones is 1. The van der Waals surface area contributed by atoms with Crippen molar-refractivity contribution in [3.8, 4) is 5.75 Å². The van der Waals surface area contributed by atoms with E-state index in [0.717, 1.165) is 5.56 Å². The molecule has 1 saturated carbocycles. The number of anilines is 2. The topological polar surface area (TPSA) is 105 Å². The molecule has 3 aromatic carbocycles. The molecular weight excluding hydrogens is 598 g/mol. The van der Waals surface area contributed by atoms with Gasteiger partial charge < -0.3 is 15.5 Å². The first-order valence-corrected chi connectivity index (χ1v) is 13.0. The Morgan fingerprint density at radius 3 is 2.08 bits per heavy atom. The largest absolute Gasteiger partial charge is 0.337 e. The molecule has 2 amide bonds. The molecule has 0 aromatic heterocycles. The van der Waals surface area contributed by atoms with E-state index in [1.807, 2.05) is 0 Å². The summed E-state index contributed by atoms with van der Waals surface area (Å²) in [6.45, 7) is 1.41. The van der Waals surface area contributed by atoms with Gasteiger partial charge in [0, 0.05) is 36.2 Å². The molecule has 0 aliphatic heterocycles. The maximum Gasteiger partial charge on any atom is 0.231 e. The fraction of sp³-hybridized carbons (Fsp3) is 0.192. The van der Waals surface area contributed by atoms with Crippen LogP contribution in [0.5, 0.6) is 5.75 Å². The molecule has 1 aliphatic carbocycles. The van der Waals surface area contributed by atoms with Crippen molar-refractivity contribution in [2.24, 2.45) is 5.92 Å². The number of benzene rings is 3. The molecule has 1 fully saturated rings. The molecule has 12 heteroatoms. The van der Waals surface area contributed by atoms with Gasteiger partial charge in [-0.25, -0.2) is 5.26 Å². The number of Topliss-reactive ketones (excluding diaryl/α,β-unsaturated/α-hetero) is 1. The SMILES string of the molecule is CC(=O)Nc1ccc(CC(=O)c2cc(NC(=O)C3C(c4cc(Cl)c(OO)c(Cl)c4)C3(Cl)Cl)ccc2Cl)cc1. The second-order valence-electron chi connectivity index (χ2n) is 8.70. The van der Waals surface area contributed by atoms with E-state index in [-0.39, 0.29) is 44.5 Å². The zero-order valence-electron chi connectivity index (χ0n) is 19.5. The van der Waals surface area contributed by atoms with E-state index < -0.39 is 22.1 Å². The fourth-order valence-corrected chi connectivity index (χ4v) is 5.76. The molecule has 2 atom stereocenters. The van der Waals surface area contributed by atoms with Gasteiger partial charge in [0.1, 0.15) is 4.33 Å². The van der Waals surface area contributed by atoms with Crippen molar-refractivity contribution in [1.29, 1.82) is 0 Å². The maximum atomic E-state index is 13.1. The molecule has 38 heavy (non-hydrogen) atoms. The van der Waals surface area contributed by atoms with Crippen LogP contribution in [0.15, 0.2) is 54.6 Å². The van der Waals surface area contributed by atoms with Gasteiger partial charge in [-0.3, -0.25) is 14.4 Å². The lowest BCUT2D eigenvalue weighted by molar-refractivity contribution is -0.137. The first kappa shape index (κ1) is 28.5. The Morgan fingerprint density at radius 1 is 0.895 bits per heavy atom. The highest BCUT2D eigenvalue weighted by molar-refractivity contribution is 6.53. The van der Waals surface area contributed by atoms with Gasteiger partial charge in [0.25, 0.3) is 0 Å². The van der Waals surface area contributed by atoms with Crippen LogP contribution in [0, 0.1) is 5.92 Å². The van der Waals surface area contributed by atoms with Crippen molar-refractivity contribution in [2.45, 2.75) is 23.6 Å². The van der Waals surface area contributed by atoms with Crippen LogP contribution in [-0.2, 0) is 16.0 Å². The molecule has 198 valence electrons. The lowest BCUT2D eigenvalue weighted by Gasteiger charge is -2.10. The summed E-state index contributed by atoms with van der Waals surface area (Å²) in [7, 11) is 0. The predicted octanol–water partition coefficient (Wildman–Crippen LogP) is 7.41. The molecule has 0 heterocycles. The number of hydrogen-bond donors (Lipinski definition) is 3. The van der Waals surface area contributed by atoms with Gasteiger partial charge in [0.2, 0.25) is 17.6 Å². The van der Waals surface area contributed by atoms with Crippen LogP contribution < -0.4 is 15.5 Å². The first-order valence-electron chi connectivity index (χ1n) is 11.1. The third-order valence-corrected chi connectivity index (χ3v) is 7.81. The first-order chi connectivity index (χ1) is 17.9. The minimum Gasteiger partial charge on any atom is -0.337 e. The standard InChI is InChI=1S/C26H19Cl5N2O5/c1-12(34)32-15-4-2-13(3-5-15)8-21(35)17-11-16(6-7-18(17)27)33-25(36)23-22(26(23,30)31)14-9-19(28)24(38-37)20(29)10-14/h2-7,9-11,22-23,37H,8H2,1H3,(H,32,34)(H,33,36). The summed E-state index contributed by atoms with van der Waals surface area (Å²) in [5, 5.41) is 14.6. The number of halogens is 5. The van der Waals surface area contributed by atoms with Crippen molar-refractivity contribution in [3.63, 3.8) is 0 Å². The molecule has 7 nitrogen and oxygen atoms in total. The van der Waals surface area contributed by atoms with Gasteiger partial charge >= 0.3 is 0 Å². The Kier molecular flexibility index (Phi) is 8.47. The van der Waals surface area contributed by atoms with Gasteiger partial charge in [-0.05, 0) is 53.6 Å². The van der Waals surface area contributed by atoms with Crippen LogP contribution >= 0.6 is 58.0 Å². The van der Waals surface area contributed by atoms with Crippen molar-refractivity contribution in [1.82, 2.24) is 0 Å². The minimum atomic E-state index is -1.44. The van der Waals surface area contributed by atoms with Crippen molar-refractivity contribution < 1.29 is 24.5 Å². The Bertz CT molecular complexity index is 1410. The monoisotopic (exact) mass is 614 g/mol. The van der Waals surface area contributed by atoms with Gasteiger partial charge in [-0.1, -0.05) is 46.9 Å². The van der Waals surface area contributed by atoms with E-state index in [1.165, 1.54) is 31.2 Å². The number of carbonyl (C=O) groups excluding carboxylic acids is 3. The number of carbonyl (C=O) groups is 3. The maximum absolute atomic E-state index is 13.1. The second-order valence-corrected chi connectivity index (χ2v) is 11.4. The third-order valence-electron chi connectivity index (χ3n) is 5.98. The van der Waals surface area contributed by atoms with Gasteiger partial charge in [-0.2, -0.15) is 0 Å². The van der Waals surface area contributed by atoms with E-state index in [2.05, 4.69) is 15.5 Å². The molecule has 0 spiro atoms. The van der Waals surface area contributed by atoms with E-state index >= 15 is 0 Å². The smallest absolute Gasteiger partial charge is 0.231 e. The highest BCUT2D eigenvalue weighted by Crippen LogP contribution is 2.65. The summed E-state index contributed by atoms with van der Waals surface area (Å²) in [4.78, 5) is 41.4. The Morgan fingerprint density at radius 2 is 1.50 bits per heavy atom. The Balaban J connectivity index is 1.48. The number of amides is 2. The summed E-state index contributed by atoms with van der Waals surface area (Å²) in [6, 6.07) is 14.3. The van der Waals surface area contributed by atoms with Gasteiger partial charge in [0.15, 0.2) is 5.78 Å². The quantitative estimate of drug-likeness (QED) is 0.106. The van der Waals surface area contributed by atoms with Crippen molar-refractivity contribution in [2.75, 3.05) is 10.6 Å². The zero-order valence-corrected chi connectivity index (χ0v) is 23.3. The molecule has 1 aliphatic rings. The lowest BCUT2D eigenvalue weighted by atomic mass is 10.0. The van der Waals surface area contributed by atoms with Crippen LogP contribution in [0.2, 0.25) is 15.1 Å². The molecular formula is C26H19Cl5N2O5. The number of alkyl halides is 2. The Labute approximate surface area is 242 Å². The third kappa shape index (κ3) is 6.04.